The lowest BCUT2D eigenvalue weighted by Crippen LogP contribution is -1.94. The first-order valence-corrected chi connectivity index (χ1v) is 6.29. The standard InChI is InChI=1S/C16H16N2O/c1-4-18-10-14(16(19)7-11(2)3)13-8-12(9-17)5-6-15(13)18/h5-8,10H,4H2,1-3H3. The predicted molar refractivity (Wildman–Crippen MR) is 76.1 cm³/mol. The molecule has 0 saturated heterocycles. The number of carbonyl (C=O) groups is 1. The zero-order valence-corrected chi connectivity index (χ0v) is 11.4. The molecule has 0 spiro atoms. The number of benzene rings is 1. The van der Waals surface area contributed by atoms with Crippen LogP contribution in [0, 0.1) is 11.3 Å². The highest BCUT2D eigenvalue weighted by atomic mass is 16.1. The molecule has 0 saturated carbocycles. The number of aryl methyl sites for hydroxylation is 1. The number of hydrogen-bond donors (Lipinski definition) is 0. The van der Waals surface area contributed by atoms with Gasteiger partial charge in [0.05, 0.1) is 11.6 Å². The van der Waals surface area contributed by atoms with E-state index in [0.717, 1.165) is 23.0 Å². The number of ketones is 1. The van der Waals surface area contributed by atoms with Crippen LogP contribution in [0.4, 0.5) is 0 Å². The number of hydrogen-bond acceptors (Lipinski definition) is 2. The summed E-state index contributed by atoms with van der Waals surface area (Å²) in [6, 6.07) is 7.58. The molecule has 2 rings (SSSR count). The summed E-state index contributed by atoms with van der Waals surface area (Å²) in [6.45, 7) is 6.63. The maximum atomic E-state index is 12.2. The van der Waals surface area contributed by atoms with Gasteiger partial charge >= 0.3 is 0 Å². The van der Waals surface area contributed by atoms with Crippen LogP contribution in [0.25, 0.3) is 10.9 Å². The molecule has 1 aromatic heterocycles. The first kappa shape index (κ1) is 13.1. The molecule has 3 heteroatoms. The number of rotatable bonds is 3. The van der Waals surface area contributed by atoms with E-state index in [1.165, 1.54) is 0 Å². The van der Waals surface area contributed by atoms with Gasteiger partial charge in [-0.3, -0.25) is 4.79 Å². The van der Waals surface area contributed by atoms with Crippen LogP contribution >= 0.6 is 0 Å². The predicted octanol–water partition coefficient (Wildman–Crippen LogP) is 3.68. The lowest BCUT2D eigenvalue weighted by molar-refractivity contribution is 0.104. The highest BCUT2D eigenvalue weighted by Crippen LogP contribution is 2.24. The average Bonchev–Trinajstić information content (AvgIpc) is 2.75. The first-order chi connectivity index (χ1) is 9.06. The SMILES string of the molecule is CCn1cc(C(=O)C=C(C)C)c2cc(C#N)ccc21. The zero-order chi connectivity index (χ0) is 14.0. The van der Waals surface area contributed by atoms with E-state index in [1.807, 2.05) is 37.6 Å². The maximum Gasteiger partial charge on any atom is 0.187 e. The summed E-state index contributed by atoms with van der Waals surface area (Å²) in [7, 11) is 0. The van der Waals surface area contributed by atoms with Crippen LogP contribution in [0.1, 0.15) is 36.7 Å². The Morgan fingerprint density at radius 3 is 2.74 bits per heavy atom. The summed E-state index contributed by atoms with van der Waals surface area (Å²) < 4.78 is 2.03. The van der Waals surface area contributed by atoms with Crippen LogP contribution in [0.5, 0.6) is 0 Å². The molecule has 3 nitrogen and oxygen atoms in total. The molecule has 0 radical (unpaired) electrons. The Balaban J connectivity index is 2.70. The van der Waals surface area contributed by atoms with Crippen LogP contribution in [0.15, 0.2) is 36.0 Å². The van der Waals surface area contributed by atoms with E-state index in [0.29, 0.717) is 11.1 Å². The van der Waals surface area contributed by atoms with Crippen molar-refractivity contribution >= 4 is 16.7 Å². The van der Waals surface area contributed by atoms with Gasteiger partial charge in [0.15, 0.2) is 5.78 Å². The van der Waals surface area contributed by atoms with Gasteiger partial charge < -0.3 is 4.57 Å². The summed E-state index contributed by atoms with van der Waals surface area (Å²) >= 11 is 0. The number of nitriles is 1. The second kappa shape index (κ2) is 5.11. The van der Waals surface area contributed by atoms with Gasteiger partial charge in [0.25, 0.3) is 0 Å². The van der Waals surface area contributed by atoms with Crippen molar-refractivity contribution in [2.75, 3.05) is 0 Å². The van der Waals surface area contributed by atoms with Gasteiger partial charge in [0.2, 0.25) is 0 Å². The molecule has 19 heavy (non-hydrogen) atoms. The van der Waals surface area contributed by atoms with Gasteiger partial charge in [0.1, 0.15) is 0 Å². The molecule has 0 aliphatic heterocycles. The van der Waals surface area contributed by atoms with Crippen LogP contribution in [0.2, 0.25) is 0 Å². The third kappa shape index (κ3) is 2.43. The van der Waals surface area contributed by atoms with Crippen LogP contribution in [0.3, 0.4) is 0 Å². The van der Waals surface area contributed by atoms with E-state index in [4.69, 9.17) is 5.26 Å². The molecule has 0 aliphatic rings. The van der Waals surface area contributed by atoms with Crippen molar-refractivity contribution in [3.8, 4) is 6.07 Å². The molecule has 0 N–H and O–H groups in total. The normalized spacial score (nSPS) is 10.2. The Morgan fingerprint density at radius 1 is 1.42 bits per heavy atom. The molecule has 96 valence electrons. The number of carbonyl (C=O) groups excluding carboxylic acids is 1. The Hall–Kier alpha value is -2.34. The van der Waals surface area contributed by atoms with E-state index >= 15 is 0 Å². The second-order valence-electron chi connectivity index (χ2n) is 4.76. The van der Waals surface area contributed by atoms with E-state index in [1.54, 1.807) is 18.2 Å². The monoisotopic (exact) mass is 252 g/mol. The van der Waals surface area contributed by atoms with E-state index < -0.39 is 0 Å². The van der Waals surface area contributed by atoms with Crippen molar-refractivity contribution in [3.63, 3.8) is 0 Å². The first-order valence-electron chi connectivity index (χ1n) is 6.29. The Bertz CT molecular complexity index is 710. The minimum absolute atomic E-state index is 0.00714. The smallest absolute Gasteiger partial charge is 0.187 e. The molecule has 1 heterocycles. The van der Waals surface area contributed by atoms with Crippen molar-refractivity contribution in [3.05, 3.63) is 47.2 Å². The summed E-state index contributed by atoms with van der Waals surface area (Å²) in [5, 5.41) is 9.83. The van der Waals surface area contributed by atoms with E-state index in [2.05, 4.69) is 6.07 Å². The molecule has 1 aromatic carbocycles. The van der Waals surface area contributed by atoms with Crippen LogP contribution < -0.4 is 0 Å². The highest BCUT2D eigenvalue weighted by molar-refractivity contribution is 6.13. The third-order valence-electron chi connectivity index (χ3n) is 3.04. The summed E-state index contributed by atoms with van der Waals surface area (Å²) in [5.41, 5.74) is 3.20. The number of nitrogens with zero attached hydrogens (tertiary/aromatic N) is 2. The van der Waals surface area contributed by atoms with Gasteiger partial charge in [-0.2, -0.15) is 5.26 Å². The fourth-order valence-corrected chi connectivity index (χ4v) is 2.16. The van der Waals surface area contributed by atoms with Crippen molar-refractivity contribution in [1.82, 2.24) is 4.57 Å². The molecular formula is C16H16N2O. The zero-order valence-electron chi connectivity index (χ0n) is 11.4. The molecule has 2 aromatic rings. The average molecular weight is 252 g/mol. The van der Waals surface area contributed by atoms with Gasteiger partial charge in [-0.1, -0.05) is 5.57 Å². The molecule has 0 aliphatic carbocycles. The molecule has 0 fully saturated rings. The summed E-state index contributed by atoms with van der Waals surface area (Å²) in [5.74, 6) is -0.00714. The minimum Gasteiger partial charge on any atom is -0.347 e. The summed E-state index contributed by atoms with van der Waals surface area (Å²) in [6.07, 6.45) is 3.50. The van der Waals surface area contributed by atoms with Gasteiger partial charge in [-0.15, -0.1) is 0 Å². The number of allylic oxidation sites excluding steroid dienone is 2. The lowest BCUT2D eigenvalue weighted by atomic mass is 10.1. The van der Waals surface area contributed by atoms with Crippen molar-refractivity contribution in [2.24, 2.45) is 0 Å². The molecular weight excluding hydrogens is 236 g/mol. The Kier molecular flexibility index (Phi) is 3.52. The Labute approximate surface area is 112 Å². The van der Waals surface area contributed by atoms with Crippen molar-refractivity contribution in [1.29, 1.82) is 5.26 Å². The fraction of sp³-hybridized carbons (Fsp3) is 0.250. The van der Waals surface area contributed by atoms with Gasteiger partial charge in [-0.25, -0.2) is 0 Å². The quantitative estimate of drug-likeness (QED) is 0.618. The number of fused-ring (bicyclic) bond motifs is 1. The van der Waals surface area contributed by atoms with Crippen LogP contribution in [-0.2, 0) is 6.54 Å². The van der Waals surface area contributed by atoms with Gasteiger partial charge in [-0.05, 0) is 45.0 Å². The maximum absolute atomic E-state index is 12.2. The molecule has 0 bridgehead atoms. The fourth-order valence-electron chi connectivity index (χ4n) is 2.16. The van der Waals surface area contributed by atoms with Gasteiger partial charge in [0, 0.05) is 29.2 Å². The van der Waals surface area contributed by atoms with Crippen molar-refractivity contribution in [2.45, 2.75) is 27.3 Å². The highest BCUT2D eigenvalue weighted by Gasteiger charge is 2.13. The van der Waals surface area contributed by atoms with E-state index in [-0.39, 0.29) is 5.78 Å². The summed E-state index contributed by atoms with van der Waals surface area (Å²) in [4.78, 5) is 12.2. The third-order valence-corrected chi connectivity index (χ3v) is 3.04. The molecule has 0 atom stereocenters. The number of aromatic nitrogens is 1. The van der Waals surface area contributed by atoms with Crippen molar-refractivity contribution < 1.29 is 4.79 Å². The molecule has 0 amide bonds. The Morgan fingerprint density at radius 2 is 2.16 bits per heavy atom. The lowest BCUT2D eigenvalue weighted by Gasteiger charge is -1.99. The minimum atomic E-state index is -0.00714. The largest absolute Gasteiger partial charge is 0.347 e. The van der Waals surface area contributed by atoms with Crippen LogP contribution in [-0.4, -0.2) is 10.4 Å². The topological polar surface area (TPSA) is 45.8 Å². The van der Waals surface area contributed by atoms with E-state index in [9.17, 15) is 4.79 Å². The molecule has 0 unspecified atom stereocenters. The second-order valence-corrected chi connectivity index (χ2v) is 4.76.